The number of nitrogens with one attached hydrogen (secondary N) is 1. The lowest BCUT2D eigenvalue weighted by molar-refractivity contribution is 0.373. The van der Waals surface area contributed by atoms with E-state index in [-0.39, 0.29) is 39.8 Å². The fourth-order valence-corrected chi connectivity index (χ4v) is 2.95. The molecule has 8 nitrogen and oxygen atoms in total. The number of hydrogen-bond donors (Lipinski definition) is 3. The molecule has 8 heteroatoms. The van der Waals surface area contributed by atoms with Crippen LogP contribution in [0.25, 0.3) is 33.5 Å². The number of H-pyrrole nitrogens is 1. The summed E-state index contributed by atoms with van der Waals surface area (Å²) in [5, 5.41) is 20.7. The first-order valence-electron chi connectivity index (χ1n) is 8.22. The molecule has 0 atom stereocenters. The molecule has 2 aromatic carbocycles. The minimum Gasteiger partial charge on any atom is -0.506 e. The van der Waals surface area contributed by atoms with E-state index in [0.29, 0.717) is 10.9 Å². The SMILES string of the molecule is COc1cc(-c2cc(-c3c(O)c4ccccc4oc3=O)[nH]c(=O)n2)ccc1O. The summed E-state index contributed by atoms with van der Waals surface area (Å²) in [6.07, 6.45) is 0. The molecule has 0 unspecified atom stereocenters. The number of phenolic OH excluding ortho intramolecular Hbond substituents is 1. The number of hydrogen-bond acceptors (Lipinski definition) is 7. The van der Waals surface area contributed by atoms with Gasteiger partial charge in [0.1, 0.15) is 16.9 Å². The Kier molecular flexibility index (Phi) is 4.08. The van der Waals surface area contributed by atoms with Crippen molar-refractivity contribution in [2.24, 2.45) is 0 Å². The molecular formula is C20H14N2O6. The summed E-state index contributed by atoms with van der Waals surface area (Å²) in [7, 11) is 1.40. The molecule has 0 spiro atoms. The van der Waals surface area contributed by atoms with Crippen LogP contribution in [0.2, 0.25) is 0 Å². The number of aromatic hydroxyl groups is 2. The van der Waals surface area contributed by atoms with Crippen LogP contribution in [0.3, 0.4) is 0 Å². The van der Waals surface area contributed by atoms with E-state index in [2.05, 4.69) is 9.97 Å². The number of benzene rings is 2. The maximum absolute atomic E-state index is 12.4. The number of fused-ring (bicyclic) bond motifs is 1. The quantitative estimate of drug-likeness (QED) is 0.468. The third kappa shape index (κ3) is 2.86. The number of ether oxygens (including phenoxy) is 1. The molecule has 0 bridgehead atoms. The number of aromatic nitrogens is 2. The van der Waals surface area contributed by atoms with Crippen LogP contribution in [-0.4, -0.2) is 27.3 Å². The topological polar surface area (TPSA) is 126 Å². The maximum atomic E-state index is 12.4. The zero-order valence-electron chi connectivity index (χ0n) is 14.6. The molecular weight excluding hydrogens is 364 g/mol. The predicted octanol–water partition coefficient (Wildman–Crippen LogP) is 2.63. The molecule has 4 aromatic rings. The van der Waals surface area contributed by atoms with Gasteiger partial charge in [-0.25, -0.2) is 9.59 Å². The summed E-state index contributed by atoms with van der Waals surface area (Å²) in [4.78, 5) is 30.9. The van der Waals surface area contributed by atoms with Gasteiger partial charge < -0.3 is 24.4 Å². The zero-order chi connectivity index (χ0) is 19.8. The second kappa shape index (κ2) is 6.58. The predicted molar refractivity (Wildman–Crippen MR) is 102 cm³/mol. The van der Waals surface area contributed by atoms with Gasteiger partial charge in [-0.1, -0.05) is 12.1 Å². The van der Waals surface area contributed by atoms with Crippen molar-refractivity contribution >= 4 is 11.0 Å². The molecule has 0 saturated carbocycles. The van der Waals surface area contributed by atoms with Crippen molar-refractivity contribution in [2.75, 3.05) is 7.11 Å². The first kappa shape index (κ1) is 17.3. The van der Waals surface area contributed by atoms with Crippen LogP contribution in [0.15, 0.2) is 62.5 Å². The lowest BCUT2D eigenvalue weighted by atomic mass is 10.1. The Morgan fingerprint density at radius 1 is 1.07 bits per heavy atom. The highest BCUT2D eigenvalue weighted by molar-refractivity contribution is 5.89. The van der Waals surface area contributed by atoms with E-state index in [1.807, 2.05) is 0 Å². The molecule has 3 N–H and O–H groups in total. The molecule has 28 heavy (non-hydrogen) atoms. The zero-order valence-corrected chi connectivity index (χ0v) is 14.6. The second-order valence-electron chi connectivity index (χ2n) is 5.98. The Balaban J connectivity index is 1.95. The van der Waals surface area contributed by atoms with E-state index in [1.165, 1.54) is 25.3 Å². The van der Waals surface area contributed by atoms with Gasteiger partial charge in [0.05, 0.1) is 23.9 Å². The smallest absolute Gasteiger partial charge is 0.349 e. The number of methoxy groups -OCH3 is 1. The first-order valence-corrected chi connectivity index (χ1v) is 8.22. The van der Waals surface area contributed by atoms with Gasteiger partial charge >= 0.3 is 11.3 Å². The molecule has 0 fully saturated rings. The Bertz CT molecular complexity index is 1320. The normalized spacial score (nSPS) is 10.9. The van der Waals surface area contributed by atoms with E-state index in [9.17, 15) is 19.8 Å². The van der Waals surface area contributed by atoms with E-state index in [1.54, 1.807) is 30.3 Å². The van der Waals surface area contributed by atoms with Crippen molar-refractivity contribution in [3.05, 3.63) is 69.4 Å². The van der Waals surface area contributed by atoms with Crippen molar-refractivity contribution in [3.8, 4) is 39.8 Å². The van der Waals surface area contributed by atoms with Crippen molar-refractivity contribution in [3.63, 3.8) is 0 Å². The average molecular weight is 378 g/mol. The number of para-hydroxylation sites is 1. The van der Waals surface area contributed by atoms with Gasteiger partial charge in [-0.05, 0) is 36.4 Å². The molecule has 0 saturated heterocycles. The molecule has 0 amide bonds. The number of nitrogens with zero attached hydrogens (tertiary/aromatic N) is 1. The molecule has 0 aliphatic heterocycles. The van der Waals surface area contributed by atoms with Crippen LogP contribution in [0.1, 0.15) is 0 Å². The highest BCUT2D eigenvalue weighted by atomic mass is 16.5. The molecule has 0 radical (unpaired) electrons. The van der Waals surface area contributed by atoms with Gasteiger partial charge in [0.15, 0.2) is 11.5 Å². The third-order valence-corrected chi connectivity index (χ3v) is 4.28. The molecule has 2 aromatic heterocycles. The fraction of sp³-hybridized carbons (Fsp3) is 0.0500. The summed E-state index contributed by atoms with van der Waals surface area (Å²) in [5.74, 6) is -0.165. The van der Waals surface area contributed by atoms with Gasteiger partial charge in [-0.3, -0.25) is 0 Å². The Morgan fingerprint density at radius 3 is 2.64 bits per heavy atom. The molecule has 140 valence electrons. The number of phenols is 1. The van der Waals surface area contributed by atoms with Crippen molar-refractivity contribution in [2.45, 2.75) is 0 Å². The highest BCUT2D eigenvalue weighted by Gasteiger charge is 2.18. The molecule has 0 aliphatic rings. The van der Waals surface area contributed by atoms with E-state index in [0.717, 1.165) is 0 Å². The Labute approximate surface area is 157 Å². The van der Waals surface area contributed by atoms with E-state index >= 15 is 0 Å². The summed E-state index contributed by atoms with van der Waals surface area (Å²) in [6.45, 7) is 0. The van der Waals surface area contributed by atoms with Crippen LogP contribution in [0, 0.1) is 0 Å². The minimum atomic E-state index is -0.799. The summed E-state index contributed by atoms with van der Waals surface area (Å²) >= 11 is 0. The third-order valence-electron chi connectivity index (χ3n) is 4.28. The largest absolute Gasteiger partial charge is 0.506 e. The fourth-order valence-electron chi connectivity index (χ4n) is 2.95. The Morgan fingerprint density at radius 2 is 1.86 bits per heavy atom. The van der Waals surface area contributed by atoms with Crippen molar-refractivity contribution in [1.82, 2.24) is 9.97 Å². The Hall–Kier alpha value is -4.07. The van der Waals surface area contributed by atoms with Crippen LogP contribution in [0.5, 0.6) is 17.2 Å². The van der Waals surface area contributed by atoms with Crippen LogP contribution < -0.4 is 16.1 Å². The van der Waals surface area contributed by atoms with Crippen molar-refractivity contribution in [1.29, 1.82) is 0 Å². The molecule has 4 rings (SSSR count). The van der Waals surface area contributed by atoms with Gasteiger partial charge in [0.2, 0.25) is 0 Å². The summed E-state index contributed by atoms with van der Waals surface area (Å²) in [5.41, 5.74) is -0.702. The maximum Gasteiger partial charge on any atom is 0.349 e. The van der Waals surface area contributed by atoms with Crippen LogP contribution >= 0.6 is 0 Å². The average Bonchev–Trinajstić information content (AvgIpc) is 2.68. The summed E-state index contributed by atoms with van der Waals surface area (Å²) < 4.78 is 10.3. The van der Waals surface area contributed by atoms with Crippen molar-refractivity contribution < 1.29 is 19.4 Å². The number of aromatic amines is 1. The van der Waals surface area contributed by atoms with Gasteiger partial charge in [0, 0.05) is 5.56 Å². The minimum absolute atomic E-state index is 0.0547. The van der Waals surface area contributed by atoms with E-state index < -0.39 is 11.3 Å². The lowest BCUT2D eigenvalue weighted by Gasteiger charge is -2.09. The first-order chi connectivity index (χ1) is 13.5. The molecule has 0 aliphatic carbocycles. The van der Waals surface area contributed by atoms with Crippen LogP contribution in [0.4, 0.5) is 0 Å². The standard InChI is InChI=1S/C20H14N2O6/c1-27-16-8-10(6-7-14(16)23)12-9-13(22-20(26)21-12)17-18(24)11-4-2-3-5-15(11)28-19(17)25/h2-9,23-24H,1H3,(H,21,22,26). The van der Waals surface area contributed by atoms with Crippen LogP contribution in [-0.2, 0) is 0 Å². The molecule has 2 heterocycles. The summed E-state index contributed by atoms with van der Waals surface area (Å²) in [6, 6.07) is 12.4. The van der Waals surface area contributed by atoms with Gasteiger partial charge in [-0.15, -0.1) is 0 Å². The lowest BCUT2D eigenvalue weighted by Crippen LogP contribution is -2.14. The van der Waals surface area contributed by atoms with E-state index in [4.69, 9.17) is 9.15 Å². The van der Waals surface area contributed by atoms with Gasteiger partial charge in [-0.2, -0.15) is 4.98 Å². The number of rotatable bonds is 3. The monoisotopic (exact) mass is 378 g/mol. The highest BCUT2D eigenvalue weighted by Crippen LogP contribution is 2.34. The van der Waals surface area contributed by atoms with Gasteiger partial charge in [0.25, 0.3) is 0 Å². The second-order valence-corrected chi connectivity index (χ2v) is 5.98.